The molecule has 0 aliphatic carbocycles. The van der Waals surface area contributed by atoms with Crippen LogP contribution in [0.15, 0.2) is 0 Å². The normalized spacial score (nSPS) is 27.0. The lowest BCUT2D eigenvalue weighted by atomic mass is 9.85. The number of piperidine rings is 1. The van der Waals surface area contributed by atoms with Crippen molar-refractivity contribution < 1.29 is 4.74 Å². The molecule has 1 rings (SSSR count). The third kappa shape index (κ3) is 2.76. The molecule has 2 atom stereocenters. The van der Waals surface area contributed by atoms with Crippen molar-refractivity contribution in [2.24, 2.45) is 11.8 Å². The minimum atomic E-state index is 0.766. The molecule has 0 aromatic rings. The Morgan fingerprint density at radius 2 is 2.42 bits per heavy atom. The Balaban J connectivity index is 2.29. The van der Waals surface area contributed by atoms with E-state index in [2.05, 4.69) is 12.2 Å². The molecule has 1 aliphatic rings. The first kappa shape index (κ1) is 10.0. The largest absolute Gasteiger partial charge is 0.384 e. The summed E-state index contributed by atoms with van der Waals surface area (Å²) in [5.74, 6) is 1.62. The molecule has 1 fully saturated rings. The standard InChI is InChI=1S/C10H21NO/c1-3-9(8-12-2)10-5-4-6-11-7-10/h9-11H,3-8H2,1-2H3. The average Bonchev–Trinajstić information content (AvgIpc) is 2.15. The van der Waals surface area contributed by atoms with E-state index in [1.807, 2.05) is 0 Å². The zero-order valence-electron chi connectivity index (χ0n) is 8.31. The summed E-state index contributed by atoms with van der Waals surface area (Å²) >= 11 is 0. The third-order valence-corrected chi connectivity index (χ3v) is 2.91. The van der Waals surface area contributed by atoms with Crippen molar-refractivity contribution in [2.75, 3.05) is 26.8 Å². The van der Waals surface area contributed by atoms with Gasteiger partial charge in [0.05, 0.1) is 0 Å². The van der Waals surface area contributed by atoms with Crippen LogP contribution < -0.4 is 5.32 Å². The Hall–Kier alpha value is -0.0800. The first-order valence-electron chi connectivity index (χ1n) is 5.08. The summed E-state index contributed by atoms with van der Waals surface area (Å²) in [4.78, 5) is 0. The van der Waals surface area contributed by atoms with Crippen molar-refractivity contribution in [3.05, 3.63) is 0 Å². The Bertz CT molecular complexity index is 108. The molecule has 1 heterocycles. The fraction of sp³-hybridized carbons (Fsp3) is 1.00. The van der Waals surface area contributed by atoms with Gasteiger partial charge in [0.2, 0.25) is 0 Å². The molecule has 2 unspecified atom stereocenters. The molecule has 1 saturated heterocycles. The molecule has 1 aliphatic heterocycles. The summed E-state index contributed by atoms with van der Waals surface area (Å²) in [6.07, 6.45) is 3.97. The van der Waals surface area contributed by atoms with Gasteiger partial charge in [0.15, 0.2) is 0 Å². The molecule has 1 N–H and O–H groups in total. The van der Waals surface area contributed by atoms with E-state index in [1.165, 1.54) is 32.4 Å². The Labute approximate surface area is 75.7 Å². The second-order valence-electron chi connectivity index (χ2n) is 3.73. The minimum absolute atomic E-state index is 0.766. The van der Waals surface area contributed by atoms with Crippen LogP contribution in [0, 0.1) is 11.8 Å². The second-order valence-corrected chi connectivity index (χ2v) is 3.73. The molecule has 0 bridgehead atoms. The topological polar surface area (TPSA) is 21.3 Å². The lowest BCUT2D eigenvalue weighted by Crippen LogP contribution is -2.35. The first-order valence-corrected chi connectivity index (χ1v) is 5.08. The van der Waals surface area contributed by atoms with Gasteiger partial charge in [-0.1, -0.05) is 13.3 Å². The summed E-state index contributed by atoms with van der Waals surface area (Å²) in [6, 6.07) is 0. The van der Waals surface area contributed by atoms with Crippen molar-refractivity contribution in [3.8, 4) is 0 Å². The summed E-state index contributed by atoms with van der Waals surface area (Å²) < 4.78 is 5.22. The smallest absolute Gasteiger partial charge is 0.0493 e. The van der Waals surface area contributed by atoms with Gasteiger partial charge in [-0.25, -0.2) is 0 Å². The maximum atomic E-state index is 5.22. The van der Waals surface area contributed by atoms with E-state index in [9.17, 15) is 0 Å². The SMILES string of the molecule is CCC(COC)C1CCCNC1. The quantitative estimate of drug-likeness (QED) is 0.694. The molecule has 12 heavy (non-hydrogen) atoms. The van der Waals surface area contributed by atoms with Crippen molar-refractivity contribution in [1.29, 1.82) is 0 Å². The van der Waals surface area contributed by atoms with E-state index in [4.69, 9.17) is 4.74 Å². The highest BCUT2D eigenvalue weighted by molar-refractivity contribution is 4.75. The predicted molar refractivity (Wildman–Crippen MR) is 51.3 cm³/mol. The first-order chi connectivity index (χ1) is 5.88. The number of rotatable bonds is 4. The van der Waals surface area contributed by atoms with Crippen molar-refractivity contribution in [1.82, 2.24) is 5.32 Å². The van der Waals surface area contributed by atoms with Crippen LogP contribution >= 0.6 is 0 Å². The highest BCUT2D eigenvalue weighted by atomic mass is 16.5. The molecule has 0 aromatic heterocycles. The van der Waals surface area contributed by atoms with Gasteiger partial charge in [0.1, 0.15) is 0 Å². The van der Waals surface area contributed by atoms with E-state index in [1.54, 1.807) is 7.11 Å². The van der Waals surface area contributed by atoms with Crippen LogP contribution in [0.4, 0.5) is 0 Å². The number of hydrogen-bond donors (Lipinski definition) is 1. The molecule has 0 saturated carbocycles. The molecule has 72 valence electrons. The average molecular weight is 171 g/mol. The van der Waals surface area contributed by atoms with Crippen molar-refractivity contribution >= 4 is 0 Å². The number of nitrogens with one attached hydrogen (secondary N) is 1. The zero-order chi connectivity index (χ0) is 8.81. The number of ether oxygens (including phenoxy) is 1. The van der Waals surface area contributed by atoms with Crippen LogP contribution in [-0.4, -0.2) is 26.8 Å². The Morgan fingerprint density at radius 1 is 1.58 bits per heavy atom. The summed E-state index contributed by atoms with van der Waals surface area (Å²) in [5, 5.41) is 3.45. The lowest BCUT2D eigenvalue weighted by Gasteiger charge is -2.29. The highest BCUT2D eigenvalue weighted by Crippen LogP contribution is 2.22. The molecule has 2 heteroatoms. The van der Waals surface area contributed by atoms with Crippen LogP contribution in [0.1, 0.15) is 26.2 Å². The molecule has 0 aromatic carbocycles. The molecule has 0 spiro atoms. The fourth-order valence-corrected chi connectivity index (χ4v) is 2.08. The highest BCUT2D eigenvalue weighted by Gasteiger charge is 2.21. The maximum absolute atomic E-state index is 5.22. The second kappa shape index (κ2) is 5.55. The van der Waals surface area contributed by atoms with Gasteiger partial charge in [0, 0.05) is 13.7 Å². The van der Waals surface area contributed by atoms with Crippen LogP contribution in [0.3, 0.4) is 0 Å². The van der Waals surface area contributed by atoms with Crippen LogP contribution in [-0.2, 0) is 4.74 Å². The molecule has 2 nitrogen and oxygen atoms in total. The predicted octanol–water partition coefficient (Wildman–Crippen LogP) is 1.66. The fourth-order valence-electron chi connectivity index (χ4n) is 2.08. The van der Waals surface area contributed by atoms with E-state index >= 15 is 0 Å². The van der Waals surface area contributed by atoms with Crippen LogP contribution in [0.25, 0.3) is 0 Å². The molecular weight excluding hydrogens is 150 g/mol. The van der Waals surface area contributed by atoms with E-state index < -0.39 is 0 Å². The zero-order valence-corrected chi connectivity index (χ0v) is 8.31. The lowest BCUT2D eigenvalue weighted by molar-refractivity contribution is 0.107. The van der Waals surface area contributed by atoms with E-state index in [0.29, 0.717) is 0 Å². The van der Waals surface area contributed by atoms with Gasteiger partial charge in [0.25, 0.3) is 0 Å². The number of hydrogen-bond acceptors (Lipinski definition) is 2. The van der Waals surface area contributed by atoms with Gasteiger partial charge in [-0.2, -0.15) is 0 Å². The van der Waals surface area contributed by atoms with Crippen LogP contribution in [0.5, 0.6) is 0 Å². The van der Waals surface area contributed by atoms with Gasteiger partial charge in [-0.3, -0.25) is 0 Å². The monoisotopic (exact) mass is 171 g/mol. The molecule has 0 amide bonds. The van der Waals surface area contributed by atoms with Crippen LogP contribution in [0.2, 0.25) is 0 Å². The third-order valence-electron chi connectivity index (χ3n) is 2.91. The van der Waals surface area contributed by atoms with Crippen molar-refractivity contribution in [3.63, 3.8) is 0 Å². The van der Waals surface area contributed by atoms with Gasteiger partial charge < -0.3 is 10.1 Å². The van der Waals surface area contributed by atoms with Gasteiger partial charge >= 0.3 is 0 Å². The summed E-state index contributed by atoms with van der Waals surface area (Å²) in [5.41, 5.74) is 0. The summed E-state index contributed by atoms with van der Waals surface area (Å²) in [7, 11) is 1.80. The summed E-state index contributed by atoms with van der Waals surface area (Å²) in [6.45, 7) is 5.60. The van der Waals surface area contributed by atoms with Crippen molar-refractivity contribution in [2.45, 2.75) is 26.2 Å². The Kier molecular flexibility index (Phi) is 4.62. The molecular formula is C10H21NO. The van der Waals surface area contributed by atoms with Gasteiger partial charge in [-0.15, -0.1) is 0 Å². The maximum Gasteiger partial charge on any atom is 0.0493 e. The van der Waals surface area contributed by atoms with E-state index in [0.717, 1.165) is 18.4 Å². The van der Waals surface area contributed by atoms with E-state index in [-0.39, 0.29) is 0 Å². The van der Waals surface area contributed by atoms with Gasteiger partial charge in [-0.05, 0) is 37.8 Å². The minimum Gasteiger partial charge on any atom is -0.384 e. The molecule has 0 radical (unpaired) electrons. The number of methoxy groups -OCH3 is 1. The Morgan fingerprint density at radius 3 is 2.92 bits per heavy atom.